The van der Waals surface area contributed by atoms with Gasteiger partial charge in [-0.25, -0.2) is 0 Å². The van der Waals surface area contributed by atoms with E-state index >= 15 is 0 Å². The standard InChI is InChI=1S/C33H45N5O6.C7H14/c1-31(2)12-14-33(15-13-31,27(40)28(34)41)36-30(43)25-17-24(37(5)20-32(3,4)44)19-38(25)26(39)18-35-29(42)23-11-10-21-8-6-7-9-22(21)16-23;1-7-5-3-2-4-6-7/h6-11,16,24-25,44H,12-15,17-20H2,1-5H3,(H2,34,41)(H,35,42)(H,36,43);7H,2-6H2,1H3. The van der Waals surface area contributed by atoms with Crippen LogP contribution in [-0.4, -0.2) is 94.2 Å². The van der Waals surface area contributed by atoms with Crippen molar-refractivity contribution in [2.24, 2.45) is 17.1 Å². The number of aliphatic hydroxyl groups is 1. The number of amides is 4. The summed E-state index contributed by atoms with van der Waals surface area (Å²) in [4.78, 5) is 68.9. The number of nitrogens with two attached hydrogens (primary N) is 1. The number of nitrogens with zero attached hydrogens (tertiary/aromatic N) is 2. The van der Waals surface area contributed by atoms with Crippen LogP contribution in [0.5, 0.6) is 0 Å². The summed E-state index contributed by atoms with van der Waals surface area (Å²) in [6, 6.07) is 11.7. The Labute approximate surface area is 303 Å². The average molecular weight is 706 g/mol. The van der Waals surface area contributed by atoms with Crippen LogP contribution < -0.4 is 16.4 Å². The number of nitrogens with one attached hydrogen (secondary N) is 2. The van der Waals surface area contributed by atoms with Crippen molar-refractivity contribution < 1.29 is 29.1 Å². The molecular formula is C40H59N5O6. The number of fused-ring (bicyclic) bond motifs is 1. The molecule has 51 heavy (non-hydrogen) atoms. The highest BCUT2D eigenvalue weighted by Gasteiger charge is 2.50. The Bertz CT molecular complexity index is 1570. The third-order valence-corrected chi connectivity index (χ3v) is 10.9. The van der Waals surface area contributed by atoms with Gasteiger partial charge in [0, 0.05) is 24.7 Å². The minimum Gasteiger partial charge on any atom is -0.389 e. The summed E-state index contributed by atoms with van der Waals surface area (Å²) in [6.07, 6.45) is 9.42. The Balaban J connectivity index is 0.000000742. The molecule has 3 aliphatic rings. The molecule has 1 aliphatic heterocycles. The number of primary amides is 1. The average Bonchev–Trinajstić information content (AvgIpc) is 3.54. The predicted octanol–water partition coefficient (Wildman–Crippen LogP) is 4.34. The number of ketones is 1. The van der Waals surface area contributed by atoms with E-state index < -0.39 is 46.6 Å². The summed E-state index contributed by atoms with van der Waals surface area (Å²) in [5.74, 6) is -2.34. The molecule has 2 atom stereocenters. The molecule has 2 saturated carbocycles. The summed E-state index contributed by atoms with van der Waals surface area (Å²) in [5.41, 5.74) is 3.32. The van der Waals surface area contributed by atoms with Crippen LogP contribution in [0.1, 0.15) is 109 Å². The number of rotatable bonds is 10. The van der Waals surface area contributed by atoms with Gasteiger partial charge in [0.25, 0.3) is 11.8 Å². The first kappa shape index (κ1) is 39.9. The van der Waals surface area contributed by atoms with Crippen molar-refractivity contribution in [3.63, 3.8) is 0 Å². The highest BCUT2D eigenvalue weighted by Crippen LogP contribution is 2.41. The van der Waals surface area contributed by atoms with Gasteiger partial charge in [-0.05, 0) is 87.2 Å². The molecule has 1 heterocycles. The molecule has 0 radical (unpaired) electrons. The van der Waals surface area contributed by atoms with Crippen LogP contribution in [0, 0.1) is 11.3 Å². The molecule has 1 saturated heterocycles. The molecular weight excluding hydrogens is 646 g/mol. The quantitative estimate of drug-likeness (QED) is 0.268. The van der Waals surface area contributed by atoms with E-state index in [2.05, 4.69) is 31.4 Å². The second-order valence-corrected chi connectivity index (χ2v) is 16.6. The molecule has 11 nitrogen and oxygen atoms in total. The fourth-order valence-electron chi connectivity index (χ4n) is 7.71. The number of hydrogen-bond acceptors (Lipinski definition) is 7. The Morgan fingerprint density at radius 1 is 0.961 bits per heavy atom. The van der Waals surface area contributed by atoms with Crippen LogP contribution in [0.4, 0.5) is 0 Å². The van der Waals surface area contributed by atoms with Crippen molar-refractivity contribution >= 4 is 40.2 Å². The molecule has 11 heteroatoms. The molecule has 2 aromatic carbocycles. The zero-order chi connectivity index (χ0) is 37.6. The van der Waals surface area contributed by atoms with E-state index in [1.165, 1.54) is 37.0 Å². The molecule has 280 valence electrons. The number of benzene rings is 2. The smallest absolute Gasteiger partial charge is 0.287 e. The molecule has 0 aromatic heterocycles. The van der Waals surface area contributed by atoms with Crippen molar-refractivity contribution in [1.29, 1.82) is 0 Å². The van der Waals surface area contributed by atoms with E-state index in [4.69, 9.17) is 5.73 Å². The largest absolute Gasteiger partial charge is 0.389 e. The van der Waals surface area contributed by atoms with Crippen LogP contribution in [0.15, 0.2) is 42.5 Å². The topological polar surface area (TPSA) is 162 Å². The lowest BCUT2D eigenvalue weighted by Gasteiger charge is -2.43. The van der Waals surface area contributed by atoms with Gasteiger partial charge in [-0.15, -0.1) is 0 Å². The Morgan fingerprint density at radius 3 is 2.16 bits per heavy atom. The number of likely N-dealkylation sites (N-methyl/N-ethyl adjacent to an activating group) is 1. The first-order chi connectivity index (χ1) is 23.9. The number of likely N-dealkylation sites (tertiary alicyclic amines) is 1. The third kappa shape index (κ3) is 10.8. The van der Waals surface area contributed by atoms with Gasteiger partial charge in [0.1, 0.15) is 11.6 Å². The van der Waals surface area contributed by atoms with Crippen molar-refractivity contribution in [3.05, 3.63) is 48.0 Å². The maximum atomic E-state index is 13.9. The van der Waals surface area contributed by atoms with Gasteiger partial charge in [0.05, 0.1) is 12.1 Å². The predicted molar refractivity (Wildman–Crippen MR) is 199 cm³/mol. The number of carbonyl (C=O) groups is 5. The number of hydrogen-bond donors (Lipinski definition) is 4. The van der Waals surface area contributed by atoms with Crippen molar-refractivity contribution in [3.8, 4) is 0 Å². The fourth-order valence-corrected chi connectivity index (χ4v) is 7.71. The van der Waals surface area contributed by atoms with E-state index in [-0.39, 0.29) is 43.8 Å². The summed E-state index contributed by atoms with van der Waals surface area (Å²) < 4.78 is 0. The normalized spacial score (nSPS) is 21.8. The SMILES string of the molecule is CC1CCCCC1.CN(CC(C)(C)O)C1CC(C(=O)NC2(C(=O)C(N)=O)CCC(C)(C)CC2)N(C(=O)CNC(=O)c2ccc3ccccc3c2)C1. The van der Waals surface area contributed by atoms with Gasteiger partial charge < -0.3 is 26.4 Å². The maximum Gasteiger partial charge on any atom is 0.287 e. The molecule has 2 aromatic rings. The molecule has 4 amide bonds. The second-order valence-electron chi connectivity index (χ2n) is 16.6. The zero-order valence-electron chi connectivity index (χ0n) is 31.4. The minimum absolute atomic E-state index is 0.0599. The van der Waals surface area contributed by atoms with Crippen LogP contribution in [-0.2, 0) is 19.2 Å². The zero-order valence-corrected chi connectivity index (χ0v) is 31.4. The van der Waals surface area contributed by atoms with Gasteiger partial charge in [-0.1, -0.05) is 83.2 Å². The lowest BCUT2D eigenvalue weighted by atomic mass is 9.67. The molecule has 2 unspecified atom stereocenters. The second kappa shape index (κ2) is 16.7. The van der Waals surface area contributed by atoms with Gasteiger partial charge in [0.2, 0.25) is 17.6 Å². The van der Waals surface area contributed by atoms with Crippen LogP contribution >= 0.6 is 0 Å². The van der Waals surface area contributed by atoms with E-state index in [0.717, 1.165) is 16.7 Å². The number of Topliss-reactive ketones (excluding diaryl/α,β-unsaturated/α-hetero) is 1. The highest BCUT2D eigenvalue weighted by molar-refractivity contribution is 6.39. The molecule has 3 fully saturated rings. The van der Waals surface area contributed by atoms with E-state index in [9.17, 15) is 29.1 Å². The van der Waals surface area contributed by atoms with E-state index in [0.29, 0.717) is 24.9 Å². The molecule has 0 spiro atoms. The summed E-state index contributed by atoms with van der Waals surface area (Å²) in [5, 5.41) is 17.8. The van der Waals surface area contributed by atoms with Crippen LogP contribution in [0.2, 0.25) is 0 Å². The van der Waals surface area contributed by atoms with Crippen molar-refractivity contribution in [2.45, 2.75) is 122 Å². The van der Waals surface area contributed by atoms with Gasteiger partial charge in [0.15, 0.2) is 0 Å². The third-order valence-electron chi connectivity index (χ3n) is 10.9. The Morgan fingerprint density at radius 2 is 1.59 bits per heavy atom. The fraction of sp³-hybridized carbons (Fsp3) is 0.625. The summed E-state index contributed by atoms with van der Waals surface area (Å²) in [7, 11) is 1.81. The monoisotopic (exact) mass is 705 g/mol. The lowest BCUT2D eigenvalue weighted by Crippen LogP contribution is -2.63. The van der Waals surface area contributed by atoms with Crippen LogP contribution in [0.25, 0.3) is 10.8 Å². The van der Waals surface area contributed by atoms with E-state index in [1.54, 1.807) is 26.0 Å². The Hall–Kier alpha value is -3.83. The minimum atomic E-state index is -1.44. The van der Waals surface area contributed by atoms with Crippen molar-refractivity contribution in [1.82, 2.24) is 20.4 Å². The van der Waals surface area contributed by atoms with Crippen LogP contribution in [0.3, 0.4) is 0 Å². The molecule has 5 N–H and O–H groups in total. The Kier molecular flexibility index (Phi) is 13.1. The van der Waals surface area contributed by atoms with Crippen molar-refractivity contribution in [2.75, 3.05) is 26.7 Å². The van der Waals surface area contributed by atoms with Gasteiger partial charge >= 0.3 is 0 Å². The first-order valence-corrected chi connectivity index (χ1v) is 18.6. The van der Waals surface area contributed by atoms with Gasteiger partial charge in [-0.3, -0.25) is 28.9 Å². The first-order valence-electron chi connectivity index (χ1n) is 18.6. The van der Waals surface area contributed by atoms with E-state index in [1.807, 2.05) is 42.3 Å². The molecule has 2 aliphatic carbocycles. The highest BCUT2D eigenvalue weighted by atomic mass is 16.3. The maximum absolute atomic E-state index is 13.9. The molecule has 5 rings (SSSR count). The summed E-state index contributed by atoms with van der Waals surface area (Å²) in [6.45, 7) is 10.00. The lowest BCUT2D eigenvalue weighted by molar-refractivity contribution is -0.145. The molecule has 0 bridgehead atoms. The van der Waals surface area contributed by atoms with Gasteiger partial charge in [-0.2, -0.15) is 0 Å². The summed E-state index contributed by atoms with van der Waals surface area (Å²) >= 11 is 0. The number of carbonyl (C=O) groups excluding carboxylic acids is 5.